The summed E-state index contributed by atoms with van der Waals surface area (Å²) in [5, 5.41) is 60.1. The second kappa shape index (κ2) is 11.0. The Kier molecular flexibility index (Phi) is 7.97. The van der Waals surface area contributed by atoms with Crippen LogP contribution in [0.25, 0.3) is 6.08 Å². The highest BCUT2D eigenvalue weighted by Gasteiger charge is 2.52. The van der Waals surface area contributed by atoms with Crippen LogP contribution in [0.3, 0.4) is 0 Å². The van der Waals surface area contributed by atoms with Gasteiger partial charge in [-0.25, -0.2) is 9.59 Å². The van der Waals surface area contributed by atoms with Gasteiger partial charge in [-0.2, -0.15) is 0 Å². The summed E-state index contributed by atoms with van der Waals surface area (Å²) in [5.74, 6) is -3.35. The average Bonchev–Trinajstić information content (AvgIpc) is 3.17. The van der Waals surface area contributed by atoms with E-state index in [2.05, 4.69) is 6.58 Å². The minimum absolute atomic E-state index is 0.0618. The molecule has 12 nitrogen and oxygen atoms in total. The number of rotatable bonds is 7. The van der Waals surface area contributed by atoms with E-state index in [-0.39, 0.29) is 17.7 Å². The number of carbonyl (C=O) groups is 2. The quantitative estimate of drug-likeness (QED) is 0.156. The van der Waals surface area contributed by atoms with Gasteiger partial charge in [0.05, 0.1) is 23.9 Å². The molecule has 6 N–H and O–H groups in total. The Labute approximate surface area is 211 Å². The fraction of sp³-hybridized carbons (Fsp3) is 0.440. The number of esters is 1. The predicted molar refractivity (Wildman–Crippen MR) is 123 cm³/mol. The van der Waals surface area contributed by atoms with Crippen LogP contribution in [-0.4, -0.2) is 92.3 Å². The van der Waals surface area contributed by atoms with Gasteiger partial charge >= 0.3 is 11.9 Å². The van der Waals surface area contributed by atoms with Crippen molar-refractivity contribution in [3.63, 3.8) is 0 Å². The number of aliphatic carboxylic acids is 1. The van der Waals surface area contributed by atoms with E-state index in [0.29, 0.717) is 11.1 Å². The molecule has 12 heteroatoms. The highest BCUT2D eigenvalue weighted by Crippen LogP contribution is 2.46. The largest absolute Gasteiger partial charge is 0.508 e. The van der Waals surface area contributed by atoms with Crippen LogP contribution in [0.15, 0.2) is 54.3 Å². The van der Waals surface area contributed by atoms with Crippen LogP contribution in [0.2, 0.25) is 0 Å². The van der Waals surface area contributed by atoms with Crippen LogP contribution in [0.4, 0.5) is 0 Å². The molecule has 9 atom stereocenters. The molecule has 0 unspecified atom stereocenters. The summed E-state index contributed by atoms with van der Waals surface area (Å²) in [6, 6.07) is 6.05. The van der Waals surface area contributed by atoms with Crippen LogP contribution >= 0.6 is 0 Å². The molecule has 2 heterocycles. The number of fused-ring (bicyclic) bond motifs is 1. The molecular weight excluding hydrogens is 492 g/mol. The Morgan fingerprint density at radius 3 is 2.43 bits per heavy atom. The summed E-state index contributed by atoms with van der Waals surface area (Å²) in [6.07, 6.45) is -6.43. The summed E-state index contributed by atoms with van der Waals surface area (Å²) in [7, 11) is 0. The number of carboxylic acids is 1. The molecule has 4 rings (SSSR count). The summed E-state index contributed by atoms with van der Waals surface area (Å²) in [5.41, 5.74) is 0.854. The average molecular weight is 520 g/mol. The smallest absolute Gasteiger partial charge is 0.334 e. The van der Waals surface area contributed by atoms with E-state index in [9.17, 15) is 40.2 Å². The summed E-state index contributed by atoms with van der Waals surface area (Å²) >= 11 is 0. The van der Waals surface area contributed by atoms with Crippen LogP contribution < -0.4 is 0 Å². The molecule has 0 amide bonds. The number of aromatic hydroxyl groups is 1. The van der Waals surface area contributed by atoms with Crippen molar-refractivity contribution < 1.29 is 59.2 Å². The summed E-state index contributed by atoms with van der Waals surface area (Å²) in [6.45, 7) is 3.32. The predicted octanol–water partition coefficient (Wildman–Crippen LogP) is -0.349. The zero-order valence-corrected chi connectivity index (χ0v) is 19.5. The lowest BCUT2D eigenvalue weighted by Crippen LogP contribution is -2.60. The van der Waals surface area contributed by atoms with Crippen molar-refractivity contribution in [3.8, 4) is 5.75 Å². The molecule has 0 spiro atoms. The molecular formula is C25H28O12. The van der Waals surface area contributed by atoms with Gasteiger partial charge in [0.15, 0.2) is 6.29 Å². The molecule has 1 saturated carbocycles. The maximum absolute atomic E-state index is 12.1. The SMILES string of the molecule is C=C1[C@H]2[C@H](O[C@@H]3O[C@H](COC(=O)/C=C/c4ccc(O)cc4)[C@@H](O)[C@H](O)[C@H]3O)OC=C(C(=O)O)[C@H]2C[C@@H]1O. The fourth-order valence-electron chi connectivity index (χ4n) is 4.60. The molecule has 1 aromatic rings. The molecule has 3 aliphatic rings. The maximum Gasteiger partial charge on any atom is 0.334 e. The highest BCUT2D eigenvalue weighted by molar-refractivity contribution is 5.87. The maximum atomic E-state index is 12.1. The Bertz CT molecular complexity index is 1080. The number of hydrogen-bond donors (Lipinski definition) is 6. The van der Waals surface area contributed by atoms with Crippen molar-refractivity contribution >= 4 is 18.0 Å². The topological polar surface area (TPSA) is 192 Å². The van der Waals surface area contributed by atoms with Gasteiger partial charge in [-0.1, -0.05) is 18.7 Å². The number of hydrogen-bond acceptors (Lipinski definition) is 11. The first kappa shape index (κ1) is 26.8. The van der Waals surface area contributed by atoms with Crippen LogP contribution in [0.1, 0.15) is 12.0 Å². The number of carboxylic acid groups (broad SMARTS) is 1. The number of carbonyl (C=O) groups excluding carboxylic acids is 1. The van der Waals surface area contributed by atoms with Gasteiger partial charge in [0.1, 0.15) is 36.8 Å². The zero-order valence-electron chi connectivity index (χ0n) is 19.5. The molecule has 200 valence electrons. The van der Waals surface area contributed by atoms with E-state index in [1.165, 1.54) is 18.2 Å². The van der Waals surface area contributed by atoms with Crippen molar-refractivity contribution in [2.45, 2.75) is 49.5 Å². The van der Waals surface area contributed by atoms with E-state index in [1.807, 2.05) is 0 Å². The third-order valence-corrected chi connectivity index (χ3v) is 6.67. The van der Waals surface area contributed by atoms with Gasteiger partial charge in [0.2, 0.25) is 6.29 Å². The first-order chi connectivity index (χ1) is 17.6. The second-order valence-corrected chi connectivity index (χ2v) is 9.05. The van der Waals surface area contributed by atoms with E-state index in [1.54, 1.807) is 12.1 Å². The summed E-state index contributed by atoms with van der Waals surface area (Å²) < 4.78 is 21.8. The van der Waals surface area contributed by atoms with Crippen LogP contribution in [0.5, 0.6) is 5.75 Å². The number of ether oxygens (including phenoxy) is 4. The Balaban J connectivity index is 1.40. The van der Waals surface area contributed by atoms with Crippen molar-refractivity contribution in [2.75, 3.05) is 6.61 Å². The fourth-order valence-corrected chi connectivity index (χ4v) is 4.60. The van der Waals surface area contributed by atoms with E-state index < -0.39 is 73.5 Å². The molecule has 0 radical (unpaired) electrons. The van der Waals surface area contributed by atoms with Crippen molar-refractivity contribution in [3.05, 3.63) is 59.9 Å². The Morgan fingerprint density at radius 1 is 1.05 bits per heavy atom. The van der Waals surface area contributed by atoms with Crippen LogP contribution in [-0.2, 0) is 28.5 Å². The van der Waals surface area contributed by atoms with E-state index in [0.717, 1.165) is 12.3 Å². The van der Waals surface area contributed by atoms with Crippen LogP contribution in [0, 0.1) is 11.8 Å². The molecule has 0 aromatic heterocycles. The molecule has 2 fully saturated rings. The first-order valence-corrected chi connectivity index (χ1v) is 11.5. The van der Waals surface area contributed by atoms with Gasteiger partial charge in [-0.15, -0.1) is 0 Å². The Hall–Kier alpha value is -3.26. The molecule has 1 saturated heterocycles. The minimum atomic E-state index is -1.73. The minimum Gasteiger partial charge on any atom is -0.508 e. The van der Waals surface area contributed by atoms with E-state index in [4.69, 9.17) is 18.9 Å². The number of benzene rings is 1. The third-order valence-electron chi connectivity index (χ3n) is 6.67. The van der Waals surface area contributed by atoms with Gasteiger partial charge in [-0.3, -0.25) is 0 Å². The van der Waals surface area contributed by atoms with Gasteiger partial charge < -0.3 is 49.6 Å². The summed E-state index contributed by atoms with van der Waals surface area (Å²) in [4.78, 5) is 23.7. The molecule has 0 bridgehead atoms. The van der Waals surface area contributed by atoms with Gasteiger partial charge in [-0.05, 0) is 35.8 Å². The standard InChI is InChI=1S/C25H28O12/c1-11-16(27)8-14-15(23(32)33)9-35-24(19(11)14)37-25-22(31)21(30)20(29)17(36-25)10-34-18(28)7-4-12-2-5-13(26)6-3-12/h2-7,9,14,16-17,19-22,24-27,29-31H,1,8,10H2,(H,32,33)/b7-4+/t14-,16+,17-,19-,20-,21+,22-,24+,25+/m1/s1. The number of aliphatic hydroxyl groups excluding tert-OH is 4. The van der Waals surface area contributed by atoms with Gasteiger partial charge in [0, 0.05) is 12.0 Å². The second-order valence-electron chi connectivity index (χ2n) is 9.05. The van der Waals surface area contributed by atoms with Crippen molar-refractivity contribution in [2.24, 2.45) is 11.8 Å². The van der Waals surface area contributed by atoms with Gasteiger partial charge in [0.25, 0.3) is 0 Å². The molecule has 37 heavy (non-hydrogen) atoms. The van der Waals surface area contributed by atoms with Crippen molar-refractivity contribution in [1.82, 2.24) is 0 Å². The number of phenolic OH excluding ortho intramolecular Hbond substituents is 1. The zero-order chi connectivity index (χ0) is 26.9. The number of phenols is 1. The lowest BCUT2D eigenvalue weighted by molar-refractivity contribution is -0.339. The molecule has 1 aromatic carbocycles. The normalized spacial score (nSPS) is 35.5. The lowest BCUT2D eigenvalue weighted by Gasteiger charge is -2.42. The number of aliphatic hydroxyl groups is 4. The monoisotopic (exact) mass is 520 g/mol. The molecule has 2 aliphatic heterocycles. The highest BCUT2D eigenvalue weighted by atomic mass is 16.8. The third kappa shape index (κ3) is 5.69. The first-order valence-electron chi connectivity index (χ1n) is 11.5. The van der Waals surface area contributed by atoms with Crippen molar-refractivity contribution in [1.29, 1.82) is 0 Å². The van der Waals surface area contributed by atoms with E-state index >= 15 is 0 Å². The molecule has 1 aliphatic carbocycles. The lowest BCUT2D eigenvalue weighted by atomic mass is 9.85. The Morgan fingerprint density at radius 2 is 1.76 bits per heavy atom.